The van der Waals surface area contributed by atoms with Gasteiger partial charge in [0.2, 0.25) is 0 Å². The Balaban J connectivity index is 1.45. The topological polar surface area (TPSA) is 60.6 Å². The van der Waals surface area contributed by atoms with Crippen molar-refractivity contribution in [3.63, 3.8) is 0 Å². The van der Waals surface area contributed by atoms with Gasteiger partial charge in [0.05, 0.1) is 18.1 Å². The summed E-state index contributed by atoms with van der Waals surface area (Å²) in [5, 5.41) is 13.0. The number of aromatic nitrogens is 5. The second kappa shape index (κ2) is 6.16. The number of hydrogen-bond acceptors (Lipinski definition) is 4. The van der Waals surface area contributed by atoms with Crippen LogP contribution in [0.4, 0.5) is 5.69 Å². The van der Waals surface area contributed by atoms with Gasteiger partial charge in [-0.15, -0.1) is 0 Å². The summed E-state index contributed by atoms with van der Waals surface area (Å²) >= 11 is 0. The van der Waals surface area contributed by atoms with Crippen LogP contribution in [0.5, 0.6) is 0 Å². The molecule has 6 nitrogen and oxygen atoms in total. The lowest BCUT2D eigenvalue weighted by molar-refractivity contribution is 0.686. The van der Waals surface area contributed by atoms with E-state index in [1.54, 1.807) is 17.1 Å². The van der Waals surface area contributed by atoms with Crippen molar-refractivity contribution in [1.82, 2.24) is 24.5 Å². The average molecular weight is 318 g/mol. The molecular formula is C18H18N6. The summed E-state index contributed by atoms with van der Waals surface area (Å²) in [6.07, 6.45) is 7.42. The Labute approximate surface area is 139 Å². The molecule has 0 bridgehead atoms. The van der Waals surface area contributed by atoms with Crippen LogP contribution in [0.1, 0.15) is 11.1 Å². The van der Waals surface area contributed by atoms with Gasteiger partial charge in [-0.25, -0.2) is 4.98 Å². The quantitative estimate of drug-likeness (QED) is 0.615. The van der Waals surface area contributed by atoms with E-state index in [0.717, 1.165) is 29.8 Å². The molecule has 0 unspecified atom stereocenters. The molecule has 0 saturated carbocycles. The van der Waals surface area contributed by atoms with Crippen LogP contribution in [0.15, 0.2) is 61.2 Å². The van der Waals surface area contributed by atoms with E-state index in [0.29, 0.717) is 0 Å². The highest BCUT2D eigenvalue weighted by Crippen LogP contribution is 2.21. The van der Waals surface area contributed by atoms with Crippen LogP contribution in [0, 0.1) is 0 Å². The van der Waals surface area contributed by atoms with E-state index >= 15 is 0 Å². The summed E-state index contributed by atoms with van der Waals surface area (Å²) in [5.41, 5.74) is 4.40. The third kappa shape index (κ3) is 2.86. The number of rotatable bonds is 5. The summed E-state index contributed by atoms with van der Waals surface area (Å²) in [6, 6.07) is 12.5. The largest absolute Gasteiger partial charge is 0.380 e. The first kappa shape index (κ1) is 14.4. The molecule has 24 heavy (non-hydrogen) atoms. The number of benzene rings is 1. The fourth-order valence-corrected chi connectivity index (χ4v) is 2.74. The smallest absolute Gasteiger partial charge is 0.159 e. The highest BCUT2D eigenvalue weighted by molar-refractivity contribution is 5.88. The van der Waals surface area contributed by atoms with Gasteiger partial charge >= 0.3 is 0 Å². The molecule has 0 saturated heterocycles. The van der Waals surface area contributed by atoms with Gasteiger partial charge in [0.15, 0.2) is 5.65 Å². The van der Waals surface area contributed by atoms with Gasteiger partial charge in [0, 0.05) is 37.9 Å². The molecule has 4 rings (SSSR count). The van der Waals surface area contributed by atoms with Crippen molar-refractivity contribution in [3.05, 3.63) is 72.3 Å². The Morgan fingerprint density at radius 3 is 2.62 bits per heavy atom. The molecule has 1 N–H and O–H groups in total. The summed E-state index contributed by atoms with van der Waals surface area (Å²) in [5.74, 6) is 0. The highest BCUT2D eigenvalue weighted by Gasteiger charge is 2.05. The SMILES string of the molecule is Cn1ncc2c(NCc3ccc(Cn4cccn4)cc3)ccnc21. The van der Waals surface area contributed by atoms with E-state index in [1.807, 2.05) is 36.3 Å². The molecule has 0 aliphatic rings. The van der Waals surface area contributed by atoms with Crippen LogP contribution in [0.25, 0.3) is 11.0 Å². The first-order valence-corrected chi connectivity index (χ1v) is 7.85. The van der Waals surface area contributed by atoms with Crippen LogP contribution in [-0.4, -0.2) is 24.5 Å². The van der Waals surface area contributed by atoms with E-state index in [4.69, 9.17) is 0 Å². The molecule has 0 aliphatic carbocycles. The van der Waals surface area contributed by atoms with Crippen LogP contribution in [-0.2, 0) is 20.1 Å². The Bertz CT molecular complexity index is 937. The second-order valence-corrected chi connectivity index (χ2v) is 5.74. The molecule has 0 radical (unpaired) electrons. The summed E-state index contributed by atoms with van der Waals surface area (Å²) in [6.45, 7) is 1.55. The first-order valence-electron chi connectivity index (χ1n) is 7.85. The monoisotopic (exact) mass is 318 g/mol. The molecule has 0 spiro atoms. The minimum atomic E-state index is 0.760. The van der Waals surface area contributed by atoms with Crippen molar-refractivity contribution < 1.29 is 0 Å². The molecule has 1 aromatic carbocycles. The van der Waals surface area contributed by atoms with Crippen molar-refractivity contribution in [2.45, 2.75) is 13.1 Å². The van der Waals surface area contributed by atoms with Gasteiger partial charge in [-0.05, 0) is 23.3 Å². The first-order chi connectivity index (χ1) is 11.8. The standard InChI is InChI=1S/C18H18N6/c1-23-18-16(12-22-23)17(7-9-19-18)20-11-14-3-5-15(6-4-14)13-24-10-2-8-21-24/h2-10,12H,11,13H2,1H3,(H,19,20). The molecule has 3 aromatic heterocycles. The normalized spacial score (nSPS) is 11.0. The number of aryl methyl sites for hydroxylation is 1. The number of anilines is 1. The van der Waals surface area contributed by atoms with Crippen molar-refractivity contribution in [1.29, 1.82) is 0 Å². The molecule has 6 heteroatoms. The second-order valence-electron chi connectivity index (χ2n) is 5.74. The molecule has 0 fully saturated rings. The lowest BCUT2D eigenvalue weighted by Gasteiger charge is -2.09. The summed E-state index contributed by atoms with van der Waals surface area (Å²) in [4.78, 5) is 4.36. The van der Waals surface area contributed by atoms with E-state index in [-0.39, 0.29) is 0 Å². The Morgan fingerprint density at radius 2 is 1.83 bits per heavy atom. The average Bonchev–Trinajstić information content (AvgIpc) is 3.25. The molecule has 120 valence electrons. The number of nitrogens with one attached hydrogen (secondary N) is 1. The van der Waals surface area contributed by atoms with E-state index < -0.39 is 0 Å². The summed E-state index contributed by atoms with van der Waals surface area (Å²) in [7, 11) is 1.90. The zero-order valence-electron chi connectivity index (χ0n) is 13.4. The van der Waals surface area contributed by atoms with Crippen LogP contribution in [0.2, 0.25) is 0 Å². The minimum Gasteiger partial charge on any atom is -0.380 e. The lowest BCUT2D eigenvalue weighted by Crippen LogP contribution is -2.02. The predicted octanol–water partition coefficient (Wildman–Crippen LogP) is 2.83. The molecular weight excluding hydrogens is 300 g/mol. The van der Waals surface area contributed by atoms with Gasteiger partial charge in [-0.1, -0.05) is 24.3 Å². The van der Waals surface area contributed by atoms with Crippen LogP contribution in [0.3, 0.4) is 0 Å². The molecule has 0 amide bonds. The summed E-state index contributed by atoms with van der Waals surface area (Å²) < 4.78 is 3.70. The Kier molecular flexibility index (Phi) is 3.70. The van der Waals surface area contributed by atoms with E-state index in [1.165, 1.54) is 11.1 Å². The number of fused-ring (bicyclic) bond motifs is 1. The third-order valence-electron chi connectivity index (χ3n) is 4.05. The van der Waals surface area contributed by atoms with Gasteiger partial charge in [-0.3, -0.25) is 9.36 Å². The number of hydrogen-bond donors (Lipinski definition) is 1. The lowest BCUT2D eigenvalue weighted by atomic mass is 10.1. The zero-order valence-corrected chi connectivity index (χ0v) is 13.4. The number of nitrogens with zero attached hydrogens (tertiary/aromatic N) is 5. The zero-order chi connectivity index (χ0) is 16.4. The third-order valence-corrected chi connectivity index (χ3v) is 4.05. The highest BCUT2D eigenvalue weighted by atomic mass is 15.3. The molecule has 4 aromatic rings. The molecule has 0 atom stereocenters. The Hall–Kier alpha value is -3.15. The number of pyridine rings is 1. The van der Waals surface area contributed by atoms with Crippen molar-refractivity contribution in [2.75, 3.05) is 5.32 Å². The maximum absolute atomic E-state index is 4.36. The van der Waals surface area contributed by atoms with Crippen LogP contribution >= 0.6 is 0 Å². The van der Waals surface area contributed by atoms with Crippen molar-refractivity contribution in [3.8, 4) is 0 Å². The minimum absolute atomic E-state index is 0.760. The van der Waals surface area contributed by atoms with Gasteiger partial charge in [-0.2, -0.15) is 10.2 Å². The molecule has 3 heterocycles. The Morgan fingerprint density at radius 1 is 1.00 bits per heavy atom. The van der Waals surface area contributed by atoms with Gasteiger partial charge in [0.1, 0.15) is 0 Å². The maximum Gasteiger partial charge on any atom is 0.159 e. The van der Waals surface area contributed by atoms with Gasteiger partial charge < -0.3 is 5.32 Å². The predicted molar refractivity (Wildman–Crippen MR) is 93.6 cm³/mol. The van der Waals surface area contributed by atoms with Crippen molar-refractivity contribution >= 4 is 16.7 Å². The maximum atomic E-state index is 4.36. The van der Waals surface area contributed by atoms with Crippen LogP contribution < -0.4 is 5.32 Å². The fraction of sp³-hybridized carbons (Fsp3) is 0.167. The van der Waals surface area contributed by atoms with E-state index in [2.05, 4.69) is 44.8 Å². The van der Waals surface area contributed by atoms with E-state index in [9.17, 15) is 0 Å². The fourth-order valence-electron chi connectivity index (χ4n) is 2.74. The van der Waals surface area contributed by atoms with Crippen molar-refractivity contribution in [2.24, 2.45) is 7.05 Å². The van der Waals surface area contributed by atoms with Gasteiger partial charge in [0.25, 0.3) is 0 Å². The molecule has 0 aliphatic heterocycles.